The minimum atomic E-state index is 0.989. The van der Waals surface area contributed by atoms with Crippen molar-refractivity contribution in [3.63, 3.8) is 0 Å². The lowest BCUT2D eigenvalue weighted by Gasteiger charge is -2.22. The van der Waals surface area contributed by atoms with Gasteiger partial charge in [-0.1, -0.05) is 132 Å². The maximum absolute atomic E-state index is 5.35. The van der Waals surface area contributed by atoms with Gasteiger partial charge < -0.3 is 0 Å². The maximum Gasteiger partial charge on any atom is 0.144 e. The fourth-order valence-corrected chi connectivity index (χ4v) is 7.19. The quantitative estimate of drug-likeness (QED) is 0.235. The second-order valence-electron chi connectivity index (χ2n) is 12.2. The molecule has 208 valence electrons. The number of aromatic nitrogens is 2. The Morgan fingerprint density at radius 2 is 1.02 bits per heavy atom. The van der Waals surface area contributed by atoms with Gasteiger partial charge in [-0.15, -0.1) is 5.46 Å². The molecule has 0 fully saturated rings. The highest BCUT2D eigenvalue weighted by Gasteiger charge is 2.23. The van der Waals surface area contributed by atoms with Crippen molar-refractivity contribution < 1.29 is 0 Å². The Kier molecular flexibility index (Phi) is 6.53. The molecule has 0 bridgehead atoms. The molecule has 1 aromatic heterocycles. The Morgan fingerprint density at radius 3 is 1.73 bits per heavy atom. The number of benzene rings is 7. The first kappa shape index (κ1) is 27.3. The Labute approximate surface area is 267 Å². The normalized spacial score (nSPS) is 11.5. The van der Waals surface area contributed by atoms with E-state index in [4.69, 9.17) is 4.98 Å². The summed E-state index contributed by atoms with van der Waals surface area (Å²) < 4.78 is 2.42. The molecule has 0 aliphatic heterocycles. The van der Waals surface area contributed by atoms with Crippen molar-refractivity contribution >= 4 is 85.8 Å². The number of imidazole rings is 1. The van der Waals surface area contributed by atoms with E-state index in [1.54, 1.807) is 0 Å². The predicted molar refractivity (Wildman–Crippen MR) is 205 cm³/mol. The summed E-state index contributed by atoms with van der Waals surface area (Å²) in [6, 6.07) is 48.2. The van der Waals surface area contributed by atoms with Crippen LogP contribution >= 0.6 is 0 Å². The second-order valence-corrected chi connectivity index (χ2v) is 12.2. The number of fused-ring (bicyclic) bond motifs is 3. The third-order valence-corrected chi connectivity index (χ3v) is 9.53. The minimum absolute atomic E-state index is 0.989. The highest BCUT2D eigenvalue weighted by atomic mass is 15.1. The topological polar surface area (TPSA) is 17.8 Å². The number of nitrogens with zero attached hydrogens (tertiary/aromatic N) is 2. The first-order chi connectivity index (χ1) is 22.0. The van der Waals surface area contributed by atoms with Gasteiger partial charge >= 0.3 is 0 Å². The van der Waals surface area contributed by atoms with Crippen molar-refractivity contribution in [3.8, 4) is 39.3 Å². The summed E-state index contributed by atoms with van der Waals surface area (Å²) >= 11 is 0. The summed E-state index contributed by atoms with van der Waals surface area (Å²) in [6.07, 6.45) is 0. The molecule has 2 nitrogen and oxygen atoms in total. The second kappa shape index (κ2) is 10.7. The molecule has 0 spiro atoms. The van der Waals surface area contributed by atoms with Crippen LogP contribution in [0.15, 0.2) is 133 Å². The van der Waals surface area contributed by atoms with E-state index < -0.39 is 0 Å². The van der Waals surface area contributed by atoms with Gasteiger partial charge in [-0.05, 0) is 51.2 Å². The standard InChI is InChI=1S/C39H30B4N2/c40-30-22-31(41)36(42)37(43)35(30)39-44-32-19-8-9-20-33(32)45(39)38-28-17-6-4-15-26(28)34(27-16-5-7-18-29(27)38)25-14-10-13-24(21-25)23-11-2-1-3-12-23/h1-22H,40-43H2. The van der Waals surface area contributed by atoms with E-state index in [9.17, 15) is 0 Å². The largest absolute Gasteiger partial charge is 0.291 e. The van der Waals surface area contributed by atoms with Gasteiger partial charge in [-0.3, -0.25) is 4.57 Å². The zero-order chi connectivity index (χ0) is 30.7. The summed E-state index contributed by atoms with van der Waals surface area (Å²) in [5.41, 5.74) is 14.6. The van der Waals surface area contributed by atoms with Crippen molar-refractivity contribution in [1.82, 2.24) is 9.55 Å². The number of hydrogen-bond acceptors (Lipinski definition) is 1. The van der Waals surface area contributed by atoms with Gasteiger partial charge in [0.25, 0.3) is 0 Å². The van der Waals surface area contributed by atoms with E-state index >= 15 is 0 Å². The van der Waals surface area contributed by atoms with Crippen LogP contribution in [0.1, 0.15) is 0 Å². The molecule has 0 N–H and O–H groups in total. The molecule has 0 atom stereocenters. The lowest BCUT2D eigenvalue weighted by Crippen LogP contribution is -2.44. The zero-order valence-electron chi connectivity index (χ0n) is 26.1. The summed E-state index contributed by atoms with van der Waals surface area (Å²) in [5, 5.41) is 4.88. The van der Waals surface area contributed by atoms with Crippen molar-refractivity contribution in [2.24, 2.45) is 0 Å². The monoisotopic (exact) mass is 570 g/mol. The number of rotatable bonds is 4. The van der Waals surface area contributed by atoms with Crippen molar-refractivity contribution in [2.45, 2.75) is 0 Å². The average molecular weight is 570 g/mol. The Morgan fingerprint density at radius 1 is 0.444 bits per heavy atom. The van der Waals surface area contributed by atoms with E-state index in [0.717, 1.165) is 16.9 Å². The molecule has 45 heavy (non-hydrogen) atoms. The van der Waals surface area contributed by atoms with Gasteiger partial charge in [-0.25, -0.2) is 4.98 Å². The first-order valence-electron chi connectivity index (χ1n) is 15.7. The van der Waals surface area contributed by atoms with Gasteiger partial charge in [0.15, 0.2) is 0 Å². The van der Waals surface area contributed by atoms with E-state index in [-0.39, 0.29) is 0 Å². The molecule has 0 saturated heterocycles. The lowest BCUT2D eigenvalue weighted by atomic mass is 9.66. The molecule has 8 rings (SSSR count). The summed E-state index contributed by atoms with van der Waals surface area (Å²) in [4.78, 5) is 5.35. The molecule has 0 saturated carbocycles. The van der Waals surface area contributed by atoms with Crippen molar-refractivity contribution in [1.29, 1.82) is 0 Å². The maximum atomic E-state index is 5.35. The smallest absolute Gasteiger partial charge is 0.144 e. The minimum Gasteiger partial charge on any atom is -0.291 e. The molecule has 0 radical (unpaired) electrons. The van der Waals surface area contributed by atoms with Crippen LogP contribution in [0.3, 0.4) is 0 Å². The fourth-order valence-electron chi connectivity index (χ4n) is 7.19. The van der Waals surface area contributed by atoms with Crippen LogP contribution in [-0.2, 0) is 0 Å². The molecule has 0 amide bonds. The van der Waals surface area contributed by atoms with Crippen LogP contribution in [0.5, 0.6) is 0 Å². The highest BCUT2D eigenvalue weighted by molar-refractivity contribution is 6.61. The van der Waals surface area contributed by atoms with Gasteiger partial charge in [0.05, 0.1) is 16.7 Å². The molecule has 0 unspecified atom stereocenters. The number of hydrogen-bond donors (Lipinski definition) is 0. The third kappa shape index (κ3) is 4.36. The lowest BCUT2D eigenvalue weighted by molar-refractivity contribution is 1.13. The molecule has 0 aliphatic carbocycles. The van der Waals surface area contributed by atoms with Gasteiger partial charge in [-0.2, -0.15) is 0 Å². The van der Waals surface area contributed by atoms with Crippen LogP contribution < -0.4 is 21.9 Å². The van der Waals surface area contributed by atoms with Gasteiger partial charge in [0.2, 0.25) is 0 Å². The molecular formula is C39H30B4N2. The first-order valence-corrected chi connectivity index (χ1v) is 15.7. The molecule has 6 heteroatoms. The van der Waals surface area contributed by atoms with E-state index in [1.807, 2.05) is 0 Å². The molecule has 8 aromatic rings. The number of para-hydroxylation sites is 2. The summed E-state index contributed by atoms with van der Waals surface area (Å²) in [6.45, 7) is 0. The fraction of sp³-hybridized carbons (Fsp3) is 0. The third-order valence-electron chi connectivity index (χ3n) is 9.53. The Hall–Kier alpha value is -5.21. The van der Waals surface area contributed by atoms with E-state index in [2.05, 4.69) is 169 Å². The van der Waals surface area contributed by atoms with Crippen LogP contribution in [-0.4, -0.2) is 40.9 Å². The van der Waals surface area contributed by atoms with Crippen LogP contribution in [0, 0.1) is 0 Å². The van der Waals surface area contributed by atoms with Crippen LogP contribution in [0.25, 0.3) is 71.9 Å². The average Bonchev–Trinajstić information content (AvgIpc) is 3.45. The predicted octanol–water partition coefficient (Wildman–Crippen LogP) is 3.37. The summed E-state index contributed by atoms with van der Waals surface area (Å²) in [7, 11) is 8.89. The molecule has 7 aromatic carbocycles. The van der Waals surface area contributed by atoms with E-state index in [0.29, 0.717) is 0 Å². The van der Waals surface area contributed by atoms with Crippen LogP contribution in [0.4, 0.5) is 0 Å². The summed E-state index contributed by atoms with van der Waals surface area (Å²) in [5.74, 6) is 0.989. The van der Waals surface area contributed by atoms with E-state index in [1.165, 1.54) is 76.9 Å². The van der Waals surface area contributed by atoms with Crippen LogP contribution in [0.2, 0.25) is 0 Å². The molecule has 0 aliphatic rings. The highest BCUT2D eigenvalue weighted by Crippen LogP contribution is 2.43. The van der Waals surface area contributed by atoms with Crippen molar-refractivity contribution in [3.05, 3.63) is 133 Å². The van der Waals surface area contributed by atoms with Gasteiger partial charge in [0.1, 0.15) is 37.2 Å². The Balaban J connectivity index is 1.51. The molecule has 1 heterocycles. The van der Waals surface area contributed by atoms with Crippen molar-refractivity contribution in [2.75, 3.05) is 0 Å². The Bertz CT molecular complexity index is 2370. The SMILES string of the molecule is Bc1cc(B)c(-c2nc3ccccc3n2-c2c3ccccc3c(-c3cccc(-c4ccccc4)c3)c3ccccc23)c(B)c1B. The molecular weight excluding hydrogens is 540 g/mol. The zero-order valence-corrected chi connectivity index (χ0v) is 26.1. The van der Waals surface area contributed by atoms with Gasteiger partial charge in [0, 0.05) is 16.3 Å².